The summed E-state index contributed by atoms with van der Waals surface area (Å²) < 4.78 is 0.988. The van der Waals surface area contributed by atoms with Crippen LogP contribution in [0.2, 0.25) is 0 Å². The van der Waals surface area contributed by atoms with Crippen LogP contribution >= 0.6 is 15.9 Å². The number of hydrogen-bond donors (Lipinski definition) is 2. The number of carbonyl (C=O) groups excluding carboxylic acids is 2. The lowest BCUT2D eigenvalue weighted by molar-refractivity contribution is -0.126. The molecular weight excluding hydrogens is 320 g/mol. The fourth-order valence-corrected chi connectivity index (χ4v) is 1.88. The van der Waals surface area contributed by atoms with Crippen molar-refractivity contribution in [3.05, 3.63) is 28.2 Å². The molecule has 0 aliphatic rings. The molecule has 1 rings (SSSR count). The zero-order chi connectivity index (χ0) is 15.1. The fraction of sp³-hybridized carbons (Fsp3) is 0.467. The Hall–Kier alpha value is -1.36. The summed E-state index contributed by atoms with van der Waals surface area (Å²) in [6.07, 6.45) is 0.770. The molecule has 0 aromatic heterocycles. The van der Waals surface area contributed by atoms with Gasteiger partial charge < -0.3 is 10.6 Å². The molecule has 0 aliphatic carbocycles. The van der Waals surface area contributed by atoms with Crippen molar-refractivity contribution in [2.45, 2.75) is 33.6 Å². The number of carbonyl (C=O) groups is 2. The summed E-state index contributed by atoms with van der Waals surface area (Å²) in [4.78, 5) is 23.3. The number of nitrogens with one attached hydrogen (secondary N) is 2. The van der Waals surface area contributed by atoms with Gasteiger partial charge in [-0.3, -0.25) is 9.59 Å². The Morgan fingerprint density at radius 3 is 2.55 bits per heavy atom. The van der Waals surface area contributed by atoms with Gasteiger partial charge in [-0.05, 0) is 43.0 Å². The van der Waals surface area contributed by atoms with E-state index >= 15 is 0 Å². The van der Waals surface area contributed by atoms with Crippen LogP contribution < -0.4 is 10.6 Å². The van der Waals surface area contributed by atoms with Gasteiger partial charge in [-0.25, -0.2) is 0 Å². The van der Waals surface area contributed by atoms with Gasteiger partial charge in [-0.2, -0.15) is 0 Å². The van der Waals surface area contributed by atoms with Crippen LogP contribution in [0.5, 0.6) is 0 Å². The Morgan fingerprint density at radius 2 is 1.95 bits per heavy atom. The predicted molar refractivity (Wildman–Crippen MR) is 84.6 cm³/mol. The number of amides is 2. The summed E-state index contributed by atoms with van der Waals surface area (Å²) in [5.41, 5.74) is 1.73. The summed E-state index contributed by atoms with van der Waals surface area (Å²) in [6, 6.07) is 5.53. The van der Waals surface area contributed by atoms with Crippen LogP contribution in [-0.4, -0.2) is 18.4 Å². The van der Waals surface area contributed by atoms with Crippen molar-refractivity contribution in [2.24, 2.45) is 5.92 Å². The lowest BCUT2D eigenvalue weighted by atomic mass is 10.1. The van der Waals surface area contributed by atoms with Crippen molar-refractivity contribution in [3.8, 4) is 0 Å². The minimum absolute atomic E-state index is 0.146. The van der Waals surface area contributed by atoms with Gasteiger partial charge in [-0.1, -0.05) is 29.8 Å². The molecule has 5 heteroatoms. The van der Waals surface area contributed by atoms with Gasteiger partial charge in [0.15, 0.2) is 0 Å². The van der Waals surface area contributed by atoms with Crippen molar-refractivity contribution in [3.63, 3.8) is 0 Å². The lowest BCUT2D eigenvalue weighted by Gasteiger charge is -2.08. The first-order valence-corrected chi connectivity index (χ1v) is 7.50. The van der Waals surface area contributed by atoms with Gasteiger partial charge in [0.05, 0.1) is 0 Å². The van der Waals surface area contributed by atoms with Crippen LogP contribution in [0.1, 0.15) is 32.3 Å². The number of anilines is 1. The topological polar surface area (TPSA) is 58.2 Å². The molecule has 1 aromatic rings. The highest BCUT2D eigenvalue weighted by Gasteiger charge is 2.09. The third-order valence-electron chi connectivity index (χ3n) is 2.81. The van der Waals surface area contributed by atoms with E-state index in [1.165, 1.54) is 0 Å². The highest BCUT2D eigenvalue weighted by atomic mass is 79.9. The molecule has 0 spiro atoms. The summed E-state index contributed by atoms with van der Waals surface area (Å²) in [5.74, 6) is 0.000574. The third kappa shape index (κ3) is 6.19. The molecular formula is C15H21BrN2O2. The van der Waals surface area contributed by atoms with E-state index in [0.717, 1.165) is 16.5 Å². The van der Waals surface area contributed by atoms with E-state index in [1.54, 1.807) is 6.07 Å². The molecule has 0 atom stereocenters. The molecule has 0 saturated heterocycles. The van der Waals surface area contributed by atoms with Gasteiger partial charge in [0.25, 0.3) is 0 Å². The highest BCUT2D eigenvalue weighted by Crippen LogP contribution is 2.19. The van der Waals surface area contributed by atoms with Gasteiger partial charge in [0.2, 0.25) is 11.8 Å². The minimum atomic E-state index is -0.297. The van der Waals surface area contributed by atoms with Crippen LogP contribution in [0.25, 0.3) is 0 Å². The average molecular weight is 341 g/mol. The summed E-state index contributed by atoms with van der Waals surface area (Å²) >= 11 is 3.40. The molecule has 0 bridgehead atoms. The van der Waals surface area contributed by atoms with E-state index in [0.29, 0.717) is 18.2 Å². The molecule has 2 amide bonds. The number of aryl methyl sites for hydroxylation is 1. The van der Waals surface area contributed by atoms with Crippen LogP contribution in [0.4, 0.5) is 5.69 Å². The molecule has 1 aromatic carbocycles. The van der Waals surface area contributed by atoms with Crippen molar-refractivity contribution in [1.29, 1.82) is 0 Å². The number of halogens is 1. The zero-order valence-electron chi connectivity index (χ0n) is 12.1. The molecule has 20 heavy (non-hydrogen) atoms. The molecule has 0 aliphatic heterocycles. The Balaban J connectivity index is 2.39. The van der Waals surface area contributed by atoms with Crippen LogP contribution in [-0.2, 0) is 9.59 Å². The monoisotopic (exact) mass is 340 g/mol. The van der Waals surface area contributed by atoms with Gasteiger partial charge in [0.1, 0.15) is 6.42 Å². The van der Waals surface area contributed by atoms with Crippen molar-refractivity contribution in [2.75, 3.05) is 11.9 Å². The smallest absolute Gasteiger partial charge is 0.233 e. The largest absolute Gasteiger partial charge is 0.356 e. The SMILES string of the molecule is Cc1cc(NC(=O)CC(=O)NCCC(C)C)ccc1Br. The maximum atomic E-state index is 11.7. The number of rotatable bonds is 6. The van der Waals surface area contributed by atoms with E-state index in [4.69, 9.17) is 0 Å². The Morgan fingerprint density at radius 1 is 1.25 bits per heavy atom. The molecule has 0 unspecified atom stereocenters. The Labute approximate surface area is 128 Å². The van der Waals surface area contributed by atoms with E-state index in [2.05, 4.69) is 40.4 Å². The average Bonchev–Trinajstić information content (AvgIpc) is 2.33. The molecule has 110 valence electrons. The van der Waals surface area contributed by atoms with Crippen LogP contribution in [0.3, 0.4) is 0 Å². The second-order valence-electron chi connectivity index (χ2n) is 5.22. The summed E-state index contributed by atoms with van der Waals surface area (Å²) in [5, 5.41) is 5.46. The van der Waals surface area contributed by atoms with E-state index < -0.39 is 0 Å². The first-order chi connectivity index (χ1) is 9.38. The van der Waals surface area contributed by atoms with E-state index in [9.17, 15) is 9.59 Å². The zero-order valence-corrected chi connectivity index (χ0v) is 13.7. The molecule has 0 saturated carbocycles. The van der Waals surface area contributed by atoms with Crippen molar-refractivity contribution in [1.82, 2.24) is 5.32 Å². The second-order valence-corrected chi connectivity index (χ2v) is 6.08. The standard InChI is InChI=1S/C15H21BrN2O2/c1-10(2)6-7-17-14(19)9-15(20)18-12-4-5-13(16)11(3)8-12/h4-5,8,10H,6-7,9H2,1-3H3,(H,17,19)(H,18,20). The van der Waals surface area contributed by atoms with Crippen LogP contribution in [0, 0.1) is 12.8 Å². The lowest BCUT2D eigenvalue weighted by Crippen LogP contribution is -2.29. The number of hydrogen-bond acceptors (Lipinski definition) is 2. The maximum absolute atomic E-state index is 11.7. The summed E-state index contributed by atoms with van der Waals surface area (Å²) in [7, 11) is 0. The number of benzene rings is 1. The van der Waals surface area contributed by atoms with Gasteiger partial charge in [0, 0.05) is 16.7 Å². The van der Waals surface area contributed by atoms with Gasteiger partial charge in [-0.15, -0.1) is 0 Å². The normalized spacial score (nSPS) is 10.4. The van der Waals surface area contributed by atoms with Crippen LogP contribution in [0.15, 0.2) is 22.7 Å². The molecule has 4 nitrogen and oxygen atoms in total. The first kappa shape index (κ1) is 16.7. The molecule has 0 heterocycles. The second kappa shape index (κ2) is 8.04. The van der Waals surface area contributed by atoms with E-state index in [1.807, 2.05) is 19.1 Å². The van der Waals surface area contributed by atoms with Gasteiger partial charge >= 0.3 is 0 Å². The first-order valence-electron chi connectivity index (χ1n) is 6.71. The predicted octanol–water partition coefficient (Wildman–Crippen LogP) is 3.25. The molecule has 2 N–H and O–H groups in total. The fourth-order valence-electron chi connectivity index (χ4n) is 1.64. The third-order valence-corrected chi connectivity index (χ3v) is 3.70. The maximum Gasteiger partial charge on any atom is 0.233 e. The van der Waals surface area contributed by atoms with E-state index in [-0.39, 0.29) is 18.2 Å². The quantitative estimate of drug-likeness (QED) is 0.781. The van der Waals surface area contributed by atoms with Crippen molar-refractivity contribution >= 4 is 33.4 Å². The summed E-state index contributed by atoms with van der Waals surface area (Å²) in [6.45, 7) is 6.74. The molecule has 0 radical (unpaired) electrons. The Bertz CT molecular complexity index is 487. The molecule has 0 fully saturated rings. The van der Waals surface area contributed by atoms with Crippen molar-refractivity contribution < 1.29 is 9.59 Å². The Kier molecular flexibility index (Phi) is 6.71. The minimum Gasteiger partial charge on any atom is -0.356 e. The highest BCUT2D eigenvalue weighted by molar-refractivity contribution is 9.10.